The van der Waals surface area contributed by atoms with E-state index in [0.717, 1.165) is 17.5 Å². The van der Waals surface area contributed by atoms with E-state index in [4.69, 9.17) is 0 Å². The minimum Gasteiger partial charge on any atom is -0.504 e. The van der Waals surface area contributed by atoms with Gasteiger partial charge in [-0.25, -0.2) is 0 Å². The highest BCUT2D eigenvalue weighted by atomic mass is 16.3. The molecular formula is C16H18O2. The molecule has 0 aliphatic rings. The number of phenols is 2. The van der Waals surface area contributed by atoms with Gasteiger partial charge in [0.25, 0.3) is 0 Å². The van der Waals surface area contributed by atoms with Crippen molar-refractivity contribution in [3.63, 3.8) is 0 Å². The second-order valence-electron chi connectivity index (χ2n) is 4.38. The van der Waals surface area contributed by atoms with Crippen molar-refractivity contribution in [3.05, 3.63) is 47.5 Å². The number of benzene rings is 2. The highest BCUT2D eigenvalue weighted by Crippen LogP contribution is 2.39. The number of hydrogen-bond donors (Lipinski definition) is 2. The molecule has 0 saturated heterocycles. The van der Waals surface area contributed by atoms with Crippen molar-refractivity contribution in [2.75, 3.05) is 0 Å². The zero-order valence-corrected chi connectivity index (χ0v) is 10.8. The third-order valence-electron chi connectivity index (χ3n) is 3.26. The highest BCUT2D eigenvalue weighted by Gasteiger charge is 2.12. The molecule has 0 aliphatic carbocycles. The van der Waals surface area contributed by atoms with E-state index in [1.807, 2.05) is 37.3 Å². The lowest BCUT2D eigenvalue weighted by Crippen LogP contribution is -1.87. The van der Waals surface area contributed by atoms with Crippen molar-refractivity contribution in [3.8, 4) is 22.6 Å². The molecule has 0 heterocycles. The Bertz CT molecular complexity index is 559. The summed E-state index contributed by atoms with van der Waals surface area (Å²) >= 11 is 0. The van der Waals surface area contributed by atoms with Gasteiger partial charge in [-0.2, -0.15) is 0 Å². The smallest absolute Gasteiger partial charge is 0.165 e. The van der Waals surface area contributed by atoms with Crippen molar-refractivity contribution >= 4 is 0 Å². The molecule has 0 saturated carbocycles. The average Bonchev–Trinajstić information content (AvgIpc) is 2.42. The summed E-state index contributed by atoms with van der Waals surface area (Å²) in [4.78, 5) is 0. The molecule has 0 spiro atoms. The molecule has 2 nitrogen and oxygen atoms in total. The summed E-state index contributed by atoms with van der Waals surface area (Å²) in [5.41, 5.74) is 3.60. The molecule has 0 radical (unpaired) electrons. The van der Waals surface area contributed by atoms with Crippen LogP contribution >= 0.6 is 0 Å². The van der Waals surface area contributed by atoms with Crippen molar-refractivity contribution in [2.24, 2.45) is 0 Å². The van der Waals surface area contributed by atoms with E-state index < -0.39 is 0 Å². The molecule has 0 fully saturated rings. The van der Waals surface area contributed by atoms with Crippen LogP contribution in [0, 0.1) is 0 Å². The van der Waals surface area contributed by atoms with Gasteiger partial charge < -0.3 is 10.2 Å². The third-order valence-corrected chi connectivity index (χ3v) is 3.26. The Balaban J connectivity index is 2.54. The summed E-state index contributed by atoms with van der Waals surface area (Å²) in [5, 5.41) is 20.0. The van der Waals surface area contributed by atoms with Gasteiger partial charge in [-0.3, -0.25) is 0 Å². The topological polar surface area (TPSA) is 40.5 Å². The number of hydrogen-bond acceptors (Lipinski definition) is 2. The van der Waals surface area contributed by atoms with Gasteiger partial charge >= 0.3 is 0 Å². The molecule has 2 aromatic carbocycles. The Labute approximate surface area is 108 Å². The Kier molecular flexibility index (Phi) is 3.56. The third kappa shape index (κ3) is 2.19. The SMILES string of the molecule is CCc1cccc(-c2ccc(CC)c(O)c2O)c1. The normalized spacial score (nSPS) is 10.6. The lowest BCUT2D eigenvalue weighted by molar-refractivity contribution is 0.401. The molecular weight excluding hydrogens is 224 g/mol. The second kappa shape index (κ2) is 5.13. The molecule has 2 rings (SSSR count). The molecule has 0 amide bonds. The van der Waals surface area contributed by atoms with Gasteiger partial charge in [-0.05, 0) is 29.5 Å². The fourth-order valence-corrected chi connectivity index (χ4v) is 2.10. The van der Waals surface area contributed by atoms with Crippen LogP contribution in [0.4, 0.5) is 0 Å². The first-order valence-corrected chi connectivity index (χ1v) is 6.30. The predicted molar refractivity (Wildman–Crippen MR) is 74.0 cm³/mol. The van der Waals surface area contributed by atoms with Gasteiger partial charge in [0, 0.05) is 5.56 Å². The quantitative estimate of drug-likeness (QED) is 0.802. The Morgan fingerprint density at radius 2 is 1.67 bits per heavy atom. The van der Waals surface area contributed by atoms with Crippen LogP contribution in [0.15, 0.2) is 36.4 Å². The average molecular weight is 242 g/mol. The van der Waals surface area contributed by atoms with Crippen molar-refractivity contribution < 1.29 is 10.2 Å². The summed E-state index contributed by atoms with van der Waals surface area (Å²) in [5.74, 6) is -0.0282. The number of phenolic OH excluding ortho intramolecular Hbond substituents is 2. The highest BCUT2D eigenvalue weighted by molar-refractivity contribution is 5.74. The molecule has 0 bridgehead atoms. The molecule has 2 aromatic rings. The zero-order valence-electron chi connectivity index (χ0n) is 10.8. The zero-order chi connectivity index (χ0) is 13.1. The van der Waals surface area contributed by atoms with Gasteiger partial charge in [0.2, 0.25) is 0 Å². The van der Waals surface area contributed by atoms with Crippen LogP contribution in [-0.2, 0) is 12.8 Å². The standard InChI is InChI=1S/C16H18O2/c1-3-11-6-5-7-13(10-11)14-9-8-12(4-2)15(17)16(14)18/h5-10,17-18H,3-4H2,1-2H3. The number of aromatic hydroxyl groups is 2. The van der Waals surface area contributed by atoms with Gasteiger partial charge in [-0.1, -0.05) is 50.2 Å². The fourth-order valence-electron chi connectivity index (χ4n) is 2.10. The molecule has 0 unspecified atom stereocenters. The summed E-state index contributed by atoms with van der Waals surface area (Å²) in [7, 11) is 0. The van der Waals surface area contributed by atoms with Crippen LogP contribution < -0.4 is 0 Å². The summed E-state index contributed by atoms with van der Waals surface area (Å²) < 4.78 is 0. The first-order chi connectivity index (χ1) is 8.67. The predicted octanol–water partition coefficient (Wildman–Crippen LogP) is 3.89. The largest absolute Gasteiger partial charge is 0.504 e. The maximum atomic E-state index is 10.1. The van der Waals surface area contributed by atoms with Crippen LogP contribution in [-0.4, -0.2) is 10.2 Å². The fraction of sp³-hybridized carbons (Fsp3) is 0.250. The molecule has 2 N–H and O–H groups in total. The first-order valence-electron chi connectivity index (χ1n) is 6.30. The van der Waals surface area contributed by atoms with Crippen LogP contribution in [0.2, 0.25) is 0 Å². The number of aryl methyl sites for hydroxylation is 2. The first kappa shape index (κ1) is 12.5. The minimum atomic E-state index is -0.0254. The Hall–Kier alpha value is -1.96. The van der Waals surface area contributed by atoms with Crippen LogP contribution in [0.1, 0.15) is 25.0 Å². The molecule has 2 heteroatoms. The van der Waals surface area contributed by atoms with E-state index in [1.54, 1.807) is 0 Å². The molecule has 94 valence electrons. The lowest BCUT2D eigenvalue weighted by Gasteiger charge is -2.10. The summed E-state index contributed by atoms with van der Waals surface area (Å²) in [6, 6.07) is 11.7. The summed E-state index contributed by atoms with van der Waals surface area (Å²) in [6.45, 7) is 4.04. The van der Waals surface area contributed by atoms with E-state index in [-0.39, 0.29) is 11.5 Å². The van der Waals surface area contributed by atoms with E-state index in [1.165, 1.54) is 5.56 Å². The van der Waals surface area contributed by atoms with Crippen LogP contribution in [0.25, 0.3) is 11.1 Å². The van der Waals surface area contributed by atoms with E-state index in [0.29, 0.717) is 12.0 Å². The van der Waals surface area contributed by atoms with Crippen molar-refractivity contribution in [2.45, 2.75) is 26.7 Å². The van der Waals surface area contributed by atoms with Crippen molar-refractivity contribution in [1.29, 1.82) is 0 Å². The van der Waals surface area contributed by atoms with Gasteiger partial charge in [0.1, 0.15) is 0 Å². The monoisotopic (exact) mass is 242 g/mol. The van der Waals surface area contributed by atoms with Gasteiger partial charge in [0.15, 0.2) is 11.5 Å². The number of rotatable bonds is 3. The molecule has 0 atom stereocenters. The maximum absolute atomic E-state index is 10.1. The lowest BCUT2D eigenvalue weighted by atomic mass is 9.98. The van der Waals surface area contributed by atoms with Crippen LogP contribution in [0.3, 0.4) is 0 Å². The minimum absolute atomic E-state index is 0.00287. The van der Waals surface area contributed by atoms with E-state index >= 15 is 0 Å². The molecule has 0 aliphatic heterocycles. The van der Waals surface area contributed by atoms with Gasteiger partial charge in [0.05, 0.1) is 0 Å². The molecule has 18 heavy (non-hydrogen) atoms. The van der Waals surface area contributed by atoms with E-state index in [9.17, 15) is 10.2 Å². The van der Waals surface area contributed by atoms with Crippen LogP contribution in [0.5, 0.6) is 11.5 Å². The Morgan fingerprint density at radius 3 is 2.33 bits per heavy atom. The molecule has 0 aromatic heterocycles. The Morgan fingerprint density at radius 1 is 0.889 bits per heavy atom. The van der Waals surface area contributed by atoms with Gasteiger partial charge in [-0.15, -0.1) is 0 Å². The van der Waals surface area contributed by atoms with E-state index in [2.05, 4.69) is 13.0 Å². The second-order valence-corrected chi connectivity index (χ2v) is 4.38. The summed E-state index contributed by atoms with van der Waals surface area (Å²) in [6.07, 6.45) is 1.66. The maximum Gasteiger partial charge on any atom is 0.165 e. The van der Waals surface area contributed by atoms with Crippen molar-refractivity contribution in [1.82, 2.24) is 0 Å².